The van der Waals surface area contributed by atoms with Crippen LogP contribution in [0.5, 0.6) is 0 Å². The maximum atomic E-state index is 11.6. The van der Waals surface area contributed by atoms with E-state index in [2.05, 4.69) is 37.8 Å². The number of anilines is 1. The van der Waals surface area contributed by atoms with Crippen molar-refractivity contribution in [2.24, 2.45) is 0 Å². The molecule has 7 nitrogen and oxygen atoms in total. The summed E-state index contributed by atoms with van der Waals surface area (Å²) in [4.78, 5) is 11.6. The highest BCUT2D eigenvalue weighted by Gasteiger charge is 2.10. The number of hydrogen-bond donors (Lipinski definition) is 3. The molecule has 0 aliphatic heterocycles. The molecule has 0 atom stereocenters. The lowest BCUT2D eigenvalue weighted by Gasteiger charge is -1.95. The largest absolute Gasteiger partial charge is 0.304 e. The number of amides is 1. The van der Waals surface area contributed by atoms with E-state index in [-0.39, 0.29) is 11.6 Å². The van der Waals surface area contributed by atoms with E-state index in [9.17, 15) is 4.79 Å². The Morgan fingerprint density at radius 2 is 2.38 bits per heavy atom. The van der Waals surface area contributed by atoms with Crippen molar-refractivity contribution in [2.45, 2.75) is 19.8 Å². The van der Waals surface area contributed by atoms with Crippen LogP contribution in [0.25, 0.3) is 0 Å². The number of hydrogen-bond acceptors (Lipinski definition) is 4. The Kier molecular flexibility index (Phi) is 2.95. The molecule has 0 spiro atoms. The molecule has 2 aromatic rings. The number of carbonyl (C=O) groups is 1. The molecule has 16 heavy (non-hydrogen) atoms. The van der Waals surface area contributed by atoms with E-state index in [4.69, 9.17) is 0 Å². The summed E-state index contributed by atoms with van der Waals surface area (Å²) in [6.45, 7) is 2.08. The summed E-state index contributed by atoms with van der Waals surface area (Å²) in [5.74, 6) is 0.166. The van der Waals surface area contributed by atoms with Crippen molar-refractivity contribution in [3.63, 3.8) is 0 Å². The Morgan fingerprint density at radius 1 is 1.50 bits per heavy atom. The van der Waals surface area contributed by atoms with Crippen LogP contribution in [0.3, 0.4) is 0 Å². The minimum atomic E-state index is -0.330. The highest BCUT2D eigenvalue weighted by Crippen LogP contribution is 2.08. The summed E-state index contributed by atoms with van der Waals surface area (Å²) in [5, 5.41) is 19.0. The number of H-pyrrole nitrogens is 2. The number of nitrogens with one attached hydrogen (secondary N) is 3. The molecule has 2 aromatic heterocycles. The molecule has 7 heteroatoms. The Hall–Kier alpha value is -2.18. The first kappa shape index (κ1) is 10.3. The SMILES string of the molecule is CCCc1cc(NC(=O)c2cn[nH]n2)n[nH]1. The van der Waals surface area contributed by atoms with Gasteiger partial charge in [0.2, 0.25) is 0 Å². The standard InChI is InChI=1S/C9H12N6O/c1-2-3-6-4-8(14-12-6)11-9(16)7-5-10-15-13-7/h4-5H,2-3H2,1H3,(H,10,13,15)(H2,11,12,14,16). The molecule has 84 valence electrons. The third kappa shape index (κ3) is 2.25. The van der Waals surface area contributed by atoms with Gasteiger partial charge in [0.15, 0.2) is 11.5 Å². The smallest absolute Gasteiger partial charge is 0.279 e. The molecular weight excluding hydrogens is 208 g/mol. The van der Waals surface area contributed by atoms with Crippen LogP contribution in [-0.4, -0.2) is 31.5 Å². The Balaban J connectivity index is 2.01. The zero-order chi connectivity index (χ0) is 11.4. The molecule has 0 aliphatic carbocycles. The van der Waals surface area contributed by atoms with E-state index in [0.29, 0.717) is 5.82 Å². The maximum Gasteiger partial charge on any atom is 0.279 e. The Morgan fingerprint density at radius 3 is 3.06 bits per heavy atom. The van der Waals surface area contributed by atoms with E-state index < -0.39 is 0 Å². The first-order valence-electron chi connectivity index (χ1n) is 5.01. The summed E-state index contributed by atoms with van der Waals surface area (Å²) < 4.78 is 0. The zero-order valence-electron chi connectivity index (χ0n) is 8.82. The first-order valence-corrected chi connectivity index (χ1v) is 5.01. The van der Waals surface area contributed by atoms with Gasteiger partial charge < -0.3 is 5.32 Å². The van der Waals surface area contributed by atoms with Crippen molar-refractivity contribution in [3.8, 4) is 0 Å². The number of nitrogens with zero attached hydrogens (tertiary/aromatic N) is 3. The highest BCUT2D eigenvalue weighted by atomic mass is 16.2. The van der Waals surface area contributed by atoms with Crippen molar-refractivity contribution in [1.82, 2.24) is 25.6 Å². The van der Waals surface area contributed by atoms with Gasteiger partial charge in [-0.15, -0.1) is 0 Å². The van der Waals surface area contributed by atoms with Gasteiger partial charge in [-0.05, 0) is 6.42 Å². The second-order valence-electron chi connectivity index (χ2n) is 3.34. The van der Waals surface area contributed by atoms with E-state index in [0.717, 1.165) is 18.5 Å². The lowest BCUT2D eigenvalue weighted by molar-refractivity contribution is 0.102. The van der Waals surface area contributed by atoms with Crippen LogP contribution in [0.2, 0.25) is 0 Å². The van der Waals surface area contributed by atoms with Crippen LogP contribution < -0.4 is 5.32 Å². The maximum absolute atomic E-state index is 11.6. The number of aromatic nitrogens is 5. The number of aryl methyl sites for hydroxylation is 1. The van der Waals surface area contributed by atoms with Gasteiger partial charge >= 0.3 is 0 Å². The van der Waals surface area contributed by atoms with Crippen LogP contribution in [0, 0.1) is 0 Å². The van der Waals surface area contributed by atoms with Crippen LogP contribution in [0.4, 0.5) is 5.82 Å². The molecule has 0 aromatic carbocycles. The molecule has 0 fully saturated rings. The van der Waals surface area contributed by atoms with Crippen LogP contribution in [0.1, 0.15) is 29.5 Å². The average molecular weight is 220 g/mol. The van der Waals surface area contributed by atoms with Gasteiger partial charge in [0.25, 0.3) is 5.91 Å². The van der Waals surface area contributed by atoms with E-state index in [1.54, 1.807) is 0 Å². The van der Waals surface area contributed by atoms with Crippen molar-refractivity contribution in [1.29, 1.82) is 0 Å². The molecular formula is C9H12N6O. The number of rotatable bonds is 4. The monoisotopic (exact) mass is 220 g/mol. The summed E-state index contributed by atoms with van der Waals surface area (Å²) >= 11 is 0. The molecule has 1 amide bonds. The van der Waals surface area contributed by atoms with Gasteiger partial charge in [-0.25, -0.2) is 0 Å². The summed E-state index contributed by atoms with van der Waals surface area (Å²) in [6, 6.07) is 1.81. The predicted molar refractivity (Wildman–Crippen MR) is 56.9 cm³/mol. The van der Waals surface area contributed by atoms with Crippen molar-refractivity contribution in [2.75, 3.05) is 5.32 Å². The third-order valence-electron chi connectivity index (χ3n) is 2.04. The molecule has 0 unspecified atom stereocenters. The van der Waals surface area contributed by atoms with Gasteiger partial charge in [0.1, 0.15) is 0 Å². The fourth-order valence-corrected chi connectivity index (χ4v) is 1.31. The number of aromatic amines is 2. The molecule has 3 N–H and O–H groups in total. The molecule has 0 saturated heterocycles. The van der Waals surface area contributed by atoms with Gasteiger partial charge in [0, 0.05) is 11.8 Å². The predicted octanol–water partition coefficient (Wildman–Crippen LogP) is 0.733. The molecule has 0 aliphatic rings. The molecule has 2 rings (SSSR count). The third-order valence-corrected chi connectivity index (χ3v) is 2.04. The fraction of sp³-hybridized carbons (Fsp3) is 0.333. The Labute approximate surface area is 91.6 Å². The highest BCUT2D eigenvalue weighted by molar-refractivity contribution is 6.01. The van der Waals surface area contributed by atoms with E-state index >= 15 is 0 Å². The lowest BCUT2D eigenvalue weighted by atomic mass is 10.2. The second kappa shape index (κ2) is 4.56. The molecule has 0 bridgehead atoms. The fourth-order valence-electron chi connectivity index (χ4n) is 1.31. The normalized spacial score (nSPS) is 10.3. The second-order valence-corrected chi connectivity index (χ2v) is 3.34. The minimum Gasteiger partial charge on any atom is -0.304 e. The van der Waals surface area contributed by atoms with Crippen LogP contribution in [0.15, 0.2) is 12.3 Å². The molecule has 2 heterocycles. The summed E-state index contributed by atoms with van der Waals surface area (Å²) in [5.41, 5.74) is 1.23. The zero-order valence-corrected chi connectivity index (χ0v) is 8.82. The quantitative estimate of drug-likeness (QED) is 0.707. The summed E-state index contributed by atoms with van der Waals surface area (Å²) in [6.07, 6.45) is 3.29. The van der Waals surface area contributed by atoms with Crippen molar-refractivity contribution in [3.05, 3.63) is 23.7 Å². The van der Waals surface area contributed by atoms with Crippen LogP contribution in [-0.2, 0) is 6.42 Å². The molecule has 0 radical (unpaired) electrons. The van der Waals surface area contributed by atoms with Gasteiger partial charge in [-0.2, -0.15) is 20.5 Å². The molecule has 0 saturated carbocycles. The van der Waals surface area contributed by atoms with Gasteiger partial charge in [0.05, 0.1) is 6.20 Å². The van der Waals surface area contributed by atoms with Crippen molar-refractivity contribution >= 4 is 11.7 Å². The average Bonchev–Trinajstić information content (AvgIpc) is 2.89. The van der Waals surface area contributed by atoms with E-state index in [1.807, 2.05) is 6.07 Å². The van der Waals surface area contributed by atoms with Gasteiger partial charge in [-0.1, -0.05) is 13.3 Å². The van der Waals surface area contributed by atoms with Crippen LogP contribution >= 0.6 is 0 Å². The summed E-state index contributed by atoms with van der Waals surface area (Å²) in [7, 11) is 0. The lowest BCUT2D eigenvalue weighted by Crippen LogP contribution is -2.12. The van der Waals surface area contributed by atoms with Gasteiger partial charge in [-0.3, -0.25) is 9.89 Å². The van der Waals surface area contributed by atoms with Crippen molar-refractivity contribution < 1.29 is 4.79 Å². The van der Waals surface area contributed by atoms with E-state index in [1.165, 1.54) is 6.20 Å². The topological polar surface area (TPSA) is 99.3 Å². The Bertz CT molecular complexity index is 460. The number of carbonyl (C=O) groups excluding carboxylic acids is 1. The first-order chi connectivity index (χ1) is 7.79. The minimum absolute atomic E-state index is 0.236.